The van der Waals surface area contributed by atoms with Crippen LogP contribution in [0.4, 0.5) is 5.95 Å². The number of nitrogens with zero attached hydrogens (tertiary/aromatic N) is 2. The van der Waals surface area contributed by atoms with Crippen LogP contribution in [0.1, 0.15) is 27.3 Å². The third kappa shape index (κ3) is 2.73. The standard InChI is InChI=1S/C18H16ClN3O/c1-11-7-9-13(10-8-11)17(23)16-12(2)21-18(20)22(16)15-6-4-3-5-14(15)19/h3-10H,1-2H3,(H2,20,21). The number of anilines is 1. The number of aryl methyl sites for hydroxylation is 2. The first-order valence-electron chi connectivity index (χ1n) is 7.20. The fourth-order valence-corrected chi connectivity index (χ4v) is 2.76. The predicted octanol–water partition coefficient (Wildman–Crippen LogP) is 3.96. The monoisotopic (exact) mass is 325 g/mol. The first kappa shape index (κ1) is 15.3. The Hall–Kier alpha value is -2.59. The molecule has 0 saturated heterocycles. The summed E-state index contributed by atoms with van der Waals surface area (Å²) >= 11 is 6.27. The van der Waals surface area contributed by atoms with E-state index in [4.69, 9.17) is 17.3 Å². The van der Waals surface area contributed by atoms with Crippen LogP contribution < -0.4 is 5.73 Å². The average molecular weight is 326 g/mol. The van der Waals surface area contributed by atoms with E-state index in [0.29, 0.717) is 27.7 Å². The van der Waals surface area contributed by atoms with E-state index < -0.39 is 0 Å². The molecule has 0 atom stereocenters. The van der Waals surface area contributed by atoms with Crippen molar-refractivity contribution in [2.24, 2.45) is 0 Å². The van der Waals surface area contributed by atoms with Crippen LogP contribution >= 0.6 is 11.6 Å². The van der Waals surface area contributed by atoms with E-state index in [1.807, 2.05) is 37.3 Å². The third-order valence-corrected chi connectivity index (χ3v) is 4.02. The van der Waals surface area contributed by atoms with Crippen LogP contribution in [0.3, 0.4) is 0 Å². The molecule has 0 aliphatic rings. The second-order valence-electron chi connectivity index (χ2n) is 5.39. The van der Waals surface area contributed by atoms with E-state index in [0.717, 1.165) is 5.56 Å². The summed E-state index contributed by atoms with van der Waals surface area (Å²) in [6, 6.07) is 14.7. The van der Waals surface area contributed by atoms with Gasteiger partial charge in [0.05, 0.1) is 16.4 Å². The molecule has 0 amide bonds. The lowest BCUT2D eigenvalue weighted by Gasteiger charge is -2.11. The molecule has 0 fully saturated rings. The smallest absolute Gasteiger partial charge is 0.211 e. The van der Waals surface area contributed by atoms with Crippen LogP contribution in [0, 0.1) is 13.8 Å². The number of para-hydroxylation sites is 1. The number of carbonyl (C=O) groups is 1. The van der Waals surface area contributed by atoms with Gasteiger partial charge in [-0.15, -0.1) is 0 Å². The van der Waals surface area contributed by atoms with E-state index in [1.54, 1.807) is 29.7 Å². The maximum Gasteiger partial charge on any atom is 0.211 e. The SMILES string of the molecule is Cc1ccc(C(=O)c2c(C)nc(N)n2-c2ccccc2Cl)cc1. The van der Waals surface area contributed by atoms with E-state index in [1.165, 1.54) is 0 Å². The van der Waals surface area contributed by atoms with Crippen LogP contribution in [0.25, 0.3) is 5.69 Å². The number of ketones is 1. The normalized spacial score (nSPS) is 10.7. The molecule has 2 N–H and O–H groups in total. The number of rotatable bonds is 3. The van der Waals surface area contributed by atoms with Crippen molar-refractivity contribution in [1.82, 2.24) is 9.55 Å². The van der Waals surface area contributed by atoms with Gasteiger partial charge in [-0.05, 0) is 26.0 Å². The van der Waals surface area contributed by atoms with Crippen molar-refractivity contribution in [2.45, 2.75) is 13.8 Å². The summed E-state index contributed by atoms with van der Waals surface area (Å²) in [4.78, 5) is 17.2. The second kappa shape index (κ2) is 5.89. The molecular formula is C18H16ClN3O. The van der Waals surface area contributed by atoms with Gasteiger partial charge in [-0.3, -0.25) is 9.36 Å². The molecule has 0 unspecified atom stereocenters. The molecule has 4 nitrogen and oxygen atoms in total. The summed E-state index contributed by atoms with van der Waals surface area (Å²) in [6.45, 7) is 3.75. The van der Waals surface area contributed by atoms with Crippen LogP contribution in [-0.2, 0) is 0 Å². The molecule has 0 saturated carbocycles. The highest BCUT2D eigenvalue weighted by atomic mass is 35.5. The highest BCUT2D eigenvalue weighted by molar-refractivity contribution is 6.32. The molecule has 23 heavy (non-hydrogen) atoms. The number of nitrogens with two attached hydrogens (primary N) is 1. The predicted molar refractivity (Wildman–Crippen MR) is 92.3 cm³/mol. The Labute approximate surface area is 139 Å². The maximum atomic E-state index is 12.9. The minimum Gasteiger partial charge on any atom is -0.369 e. The lowest BCUT2D eigenvalue weighted by atomic mass is 10.1. The third-order valence-electron chi connectivity index (χ3n) is 3.70. The van der Waals surface area contributed by atoms with E-state index >= 15 is 0 Å². The van der Waals surface area contributed by atoms with Gasteiger partial charge in [0.1, 0.15) is 5.69 Å². The van der Waals surface area contributed by atoms with Crippen LogP contribution in [-0.4, -0.2) is 15.3 Å². The fraction of sp³-hybridized carbons (Fsp3) is 0.111. The topological polar surface area (TPSA) is 60.9 Å². The summed E-state index contributed by atoms with van der Waals surface area (Å²) in [5, 5.41) is 0.509. The van der Waals surface area contributed by atoms with Gasteiger partial charge in [-0.25, -0.2) is 4.98 Å². The van der Waals surface area contributed by atoms with Gasteiger partial charge in [-0.2, -0.15) is 0 Å². The van der Waals surface area contributed by atoms with Gasteiger partial charge in [0.2, 0.25) is 11.7 Å². The number of benzene rings is 2. The van der Waals surface area contributed by atoms with Crippen molar-refractivity contribution in [3.8, 4) is 5.69 Å². The van der Waals surface area contributed by atoms with Crippen molar-refractivity contribution in [3.63, 3.8) is 0 Å². The maximum absolute atomic E-state index is 12.9. The van der Waals surface area contributed by atoms with Crippen molar-refractivity contribution >= 4 is 23.3 Å². The summed E-state index contributed by atoms with van der Waals surface area (Å²) in [5.74, 6) is 0.109. The number of hydrogen-bond acceptors (Lipinski definition) is 3. The van der Waals surface area contributed by atoms with Gasteiger partial charge in [-0.1, -0.05) is 53.6 Å². The molecule has 0 radical (unpaired) electrons. The number of nitrogen functional groups attached to an aromatic ring is 1. The first-order chi connectivity index (χ1) is 11.0. The second-order valence-corrected chi connectivity index (χ2v) is 5.79. The van der Waals surface area contributed by atoms with E-state index in [9.17, 15) is 4.79 Å². The van der Waals surface area contributed by atoms with E-state index in [2.05, 4.69) is 4.98 Å². The zero-order chi connectivity index (χ0) is 16.6. The summed E-state index contributed by atoms with van der Waals surface area (Å²) in [5.41, 5.74) is 9.36. The Bertz CT molecular complexity index is 882. The van der Waals surface area contributed by atoms with Gasteiger partial charge in [0, 0.05) is 5.56 Å². The molecule has 0 aliphatic carbocycles. The molecule has 3 rings (SSSR count). The fourth-order valence-electron chi connectivity index (χ4n) is 2.54. The number of hydrogen-bond donors (Lipinski definition) is 1. The Kier molecular flexibility index (Phi) is 3.92. The van der Waals surface area contributed by atoms with Gasteiger partial charge in [0.25, 0.3) is 0 Å². The highest BCUT2D eigenvalue weighted by Crippen LogP contribution is 2.27. The van der Waals surface area contributed by atoms with Crippen LogP contribution in [0.2, 0.25) is 5.02 Å². The molecule has 1 heterocycles. The molecule has 5 heteroatoms. The Morgan fingerprint density at radius 3 is 2.39 bits per heavy atom. The summed E-state index contributed by atoms with van der Waals surface area (Å²) in [7, 11) is 0. The molecule has 0 bridgehead atoms. The summed E-state index contributed by atoms with van der Waals surface area (Å²) in [6.07, 6.45) is 0. The average Bonchev–Trinajstić information content (AvgIpc) is 2.82. The quantitative estimate of drug-likeness (QED) is 0.741. The Morgan fingerprint density at radius 2 is 1.74 bits per heavy atom. The van der Waals surface area contributed by atoms with Gasteiger partial charge in [0.15, 0.2) is 0 Å². The van der Waals surface area contributed by atoms with Gasteiger partial charge >= 0.3 is 0 Å². The zero-order valence-corrected chi connectivity index (χ0v) is 13.6. The van der Waals surface area contributed by atoms with Gasteiger partial charge < -0.3 is 5.73 Å². The van der Waals surface area contributed by atoms with Crippen molar-refractivity contribution in [3.05, 3.63) is 76.1 Å². The van der Waals surface area contributed by atoms with Crippen molar-refractivity contribution in [1.29, 1.82) is 0 Å². The Balaban J connectivity index is 2.19. The molecule has 1 aromatic heterocycles. The van der Waals surface area contributed by atoms with Crippen molar-refractivity contribution in [2.75, 3.05) is 5.73 Å². The number of carbonyl (C=O) groups excluding carboxylic acids is 1. The zero-order valence-electron chi connectivity index (χ0n) is 12.9. The molecule has 3 aromatic rings. The number of halogens is 1. The molecule has 2 aromatic carbocycles. The summed E-state index contributed by atoms with van der Waals surface area (Å²) < 4.78 is 1.61. The molecule has 0 aliphatic heterocycles. The van der Waals surface area contributed by atoms with Crippen LogP contribution in [0.5, 0.6) is 0 Å². The molecule has 0 spiro atoms. The number of aromatic nitrogens is 2. The first-order valence-corrected chi connectivity index (χ1v) is 7.58. The lowest BCUT2D eigenvalue weighted by molar-refractivity contribution is 0.103. The van der Waals surface area contributed by atoms with Crippen molar-refractivity contribution < 1.29 is 4.79 Å². The molecular weight excluding hydrogens is 310 g/mol. The number of imidazole rings is 1. The minimum absolute atomic E-state index is 0.133. The van der Waals surface area contributed by atoms with E-state index in [-0.39, 0.29) is 11.7 Å². The largest absolute Gasteiger partial charge is 0.369 e. The Morgan fingerprint density at radius 1 is 1.09 bits per heavy atom. The minimum atomic E-state index is -0.133. The lowest BCUT2D eigenvalue weighted by Crippen LogP contribution is -2.12. The van der Waals surface area contributed by atoms with Crippen LogP contribution in [0.15, 0.2) is 48.5 Å². The highest BCUT2D eigenvalue weighted by Gasteiger charge is 2.22. The molecule has 116 valence electrons.